The number of aryl methyl sites for hydroxylation is 1. The SMILES string of the molecule is Cc1cccc(N2CCN(Cc3ccccc3C(=O)O)CC2)c1. The second-order valence-corrected chi connectivity index (χ2v) is 6.06. The molecule has 2 aromatic carbocycles. The van der Waals surface area contributed by atoms with Crippen molar-refractivity contribution < 1.29 is 9.90 Å². The van der Waals surface area contributed by atoms with Gasteiger partial charge < -0.3 is 10.0 Å². The Morgan fingerprint density at radius 3 is 2.48 bits per heavy atom. The van der Waals surface area contributed by atoms with E-state index in [2.05, 4.69) is 41.0 Å². The predicted molar refractivity (Wildman–Crippen MR) is 92.1 cm³/mol. The Bertz CT molecular complexity index is 691. The van der Waals surface area contributed by atoms with Gasteiger partial charge in [-0.1, -0.05) is 30.3 Å². The first-order valence-electron chi connectivity index (χ1n) is 7.98. The molecule has 4 nitrogen and oxygen atoms in total. The molecule has 4 heteroatoms. The van der Waals surface area contributed by atoms with Crippen LogP contribution in [0.4, 0.5) is 5.69 Å². The molecule has 0 radical (unpaired) electrons. The van der Waals surface area contributed by atoms with E-state index in [1.165, 1.54) is 11.3 Å². The number of benzene rings is 2. The zero-order valence-corrected chi connectivity index (χ0v) is 13.4. The van der Waals surface area contributed by atoms with E-state index in [1.807, 2.05) is 12.1 Å². The molecule has 0 saturated carbocycles. The van der Waals surface area contributed by atoms with Crippen LogP contribution in [-0.2, 0) is 6.54 Å². The molecule has 0 amide bonds. The number of carboxylic acids is 1. The van der Waals surface area contributed by atoms with Crippen LogP contribution < -0.4 is 4.90 Å². The topological polar surface area (TPSA) is 43.8 Å². The monoisotopic (exact) mass is 310 g/mol. The van der Waals surface area contributed by atoms with E-state index in [9.17, 15) is 9.90 Å². The zero-order valence-electron chi connectivity index (χ0n) is 13.4. The summed E-state index contributed by atoms with van der Waals surface area (Å²) in [6, 6.07) is 15.9. The smallest absolute Gasteiger partial charge is 0.336 e. The van der Waals surface area contributed by atoms with E-state index >= 15 is 0 Å². The molecule has 1 aliphatic rings. The molecule has 0 aromatic heterocycles. The van der Waals surface area contributed by atoms with E-state index in [1.54, 1.807) is 12.1 Å². The van der Waals surface area contributed by atoms with E-state index in [0.29, 0.717) is 12.1 Å². The van der Waals surface area contributed by atoms with Gasteiger partial charge in [0.25, 0.3) is 0 Å². The van der Waals surface area contributed by atoms with Crippen LogP contribution in [0.3, 0.4) is 0 Å². The van der Waals surface area contributed by atoms with Crippen molar-refractivity contribution >= 4 is 11.7 Å². The number of carbonyl (C=O) groups is 1. The second kappa shape index (κ2) is 6.84. The summed E-state index contributed by atoms with van der Waals surface area (Å²) in [5, 5.41) is 9.29. The van der Waals surface area contributed by atoms with Crippen LogP contribution in [0.15, 0.2) is 48.5 Å². The number of carboxylic acid groups (broad SMARTS) is 1. The van der Waals surface area contributed by atoms with Crippen LogP contribution in [0.5, 0.6) is 0 Å². The molecule has 3 rings (SSSR count). The van der Waals surface area contributed by atoms with Gasteiger partial charge in [0.2, 0.25) is 0 Å². The maximum Gasteiger partial charge on any atom is 0.336 e. The highest BCUT2D eigenvalue weighted by Crippen LogP contribution is 2.19. The first-order chi connectivity index (χ1) is 11.1. The van der Waals surface area contributed by atoms with Gasteiger partial charge in [0.1, 0.15) is 0 Å². The lowest BCUT2D eigenvalue weighted by atomic mass is 10.1. The fourth-order valence-corrected chi connectivity index (χ4v) is 3.10. The molecule has 2 aromatic rings. The molecule has 0 atom stereocenters. The lowest BCUT2D eigenvalue weighted by Gasteiger charge is -2.36. The summed E-state index contributed by atoms with van der Waals surface area (Å²) in [4.78, 5) is 16.0. The summed E-state index contributed by atoms with van der Waals surface area (Å²) in [6.07, 6.45) is 0. The minimum absolute atomic E-state index is 0.411. The zero-order chi connectivity index (χ0) is 16.2. The number of hydrogen-bond acceptors (Lipinski definition) is 3. The van der Waals surface area contributed by atoms with Crippen LogP contribution >= 0.6 is 0 Å². The fraction of sp³-hybridized carbons (Fsp3) is 0.316. The molecule has 0 spiro atoms. The molecule has 1 saturated heterocycles. The Labute approximate surface area is 137 Å². The minimum atomic E-state index is -0.848. The molecule has 0 aliphatic carbocycles. The van der Waals surface area contributed by atoms with Gasteiger partial charge in [0.15, 0.2) is 0 Å². The van der Waals surface area contributed by atoms with Gasteiger partial charge in [-0.25, -0.2) is 4.79 Å². The van der Waals surface area contributed by atoms with Gasteiger partial charge in [-0.2, -0.15) is 0 Å². The standard InChI is InChI=1S/C19H22N2O2/c1-15-5-4-7-17(13-15)21-11-9-20(10-12-21)14-16-6-2-3-8-18(16)19(22)23/h2-8,13H,9-12,14H2,1H3,(H,22,23). The third-order valence-electron chi connectivity index (χ3n) is 4.38. The van der Waals surface area contributed by atoms with Crippen molar-refractivity contribution in [3.05, 3.63) is 65.2 Å². The third kappa shape index (κ3) is 3.71. The van der Waals surface area contributed by atoms with Gasteiger partial charge in [0, 0.05) is 38.4 Å². The van der Waals surface area contributed by atoms with Crippen LogP contribution in [0.2, 0.25) is 0 Å². The third-order valence-corrected chi connectivity index (χ3v) is 4.38. The summed E-state index contributed by atoms with van der Waals surface area (Å²) >= 11 is 0. The number of piperazine rings is 1. The number of aromatic carboxylic acids is 1. The van der Waals surface area contributed by atoms with E-state index < -0.39 is 5.97 Å². The quantitative estimate of drug-likeness (QED) is 0.943. The highest BCUT2D eigenvalue weighted by Gasteiger charge is 2.19. The lowest BCUT2D eigenvalue weighted by Crippen LogP contribution is -2.46. The Balaban J connectivity index is 1.63. The summed E-state index contributed by atoms with van der Waals surface area (Å²) in [5.74, 6) is -0.848. The molecule has 1 N–H and O–H groups in total. The van der Waals surface area contributed by atoms with Gasteiger partial charge in [0.05, 0.1) is 5.56 Å². The van der Waals surface area contributed by atoms with Gasteiger partial charge in [-0.3, -0.25) is 4.90 Å². The molecule has 23 heavy (non-hydrogen) atoms. The van der Waals surface area contributed by atoms with Crippen molar-refractivity contribution in [1.29, 1.82) is 0 Å². The van der Waals surface area contributed by atoms with E-state index in [4.69, 9.17) is 0 Å². The minimum Gasteiger partial charge on any atom is -0.478 e. The van der Waals surface area contributed by atoms with Gasteiger partial charge >= 0.3 is 5.97 Å². The number of anilines is 1. The van der Waals surface area contributed by atoms with Crippen molar-refractivity contribution in [2.24, 2.45) is 0 Å². The number of hydrogen-bond donors (Lipinski definition) is 1. The largest absolute Gasteiger partial charge is 0.478 e. The molecule has 1 fully saturated rings. The van der Waals surface area contributed by atoms with Crippen molar-refractivity contribution in [2.45, 2.75) is 13.5 Å². The number of nitrogens with zero attached hydrogens (tertiary/aromatic N) is 2. The van der Waals surface area contributed by atoms with Crippen molar-refractivity contribution in [2.75, 3.05) is 31.1 Å². The Kier molecular flexibility index (Phi) is 4.63. The number of rotatable bonds is 4. The molecule has 1 heterocycles. The molecule has 120 valence electrons. The first kappa shape index (κ1) is 15.6. The van der Waals surface area contributed by atoms with Crippen LogP contribution in [0.25, 0.3) is 0 Å². The second-order valence-electron chi connectivity index (χ2n) is 6.06. The van der Waals surface area contributed by atoms with Crippen LogP contribution in [0.1, 0.15) is 21.5 Å². The molecular formula is C19H22N2O2. The van der Waals surface area contributed by atoms with E-state index in [-0.39, 0.29) is 0 Å². The Morgan fingerprint density at radius 2 is 1.78 bits per heavy atom. The maximum absolute atomic E-state index is 11.3. The van der Waals surface area contributed by atoms with Crippen molar-refractivity contribution in [1.82, 2.24) is 4.90 Å². The predicted octanol–water partition coefficient (Wildman–Crippen LogP) is 3.02. The highest BCUT2D eigenvalue weighted by molar-refractivity contribution is 5.89. The normalized spacial score (nSPS) is 15.6. The molecule has 0 unspecified atom stereocenters. The van der Waals surface area contributed by atoms with Crippen LogP contribution in [0, 0.1) is 6.92 Å². The lowest BCUT2D eigenvalue weighted by molar-refractivity contribution is 0.0694. The van der Waals surface area contributed by atoms with Crippen molar-refractivity contribution in [3.8, 4) is 0 Å². The average Bonchev–Trinajstić information content (AvgIpc) is 2.56. The average molecular weight is 310 g/mol. The van der Waals surface area contributed by atoms with Crippen molar-refractivity contribution in [3.63, 3.8) is 0 Å². The fourth-order valence-electron chi connectivity index (χ4n) is 3.10. The highest BCUT2D eigenvalue weighted by atomic mass is 16.4. The molecular weight excluding hydrogens is 288 g/mol. The summed E-state index contributed by atoms with van der Waals surface area (Å²) in [6.45, 7) is 6.65. The Hall–Kier alpha value is -2.33. The summed E-state index contributed by atoms with van der Waals surface area (Å²) in [7, 11) is 0. The maximum atomic E-state index is 11.3. The summed E-state index contributed by atoms with van der Waals surface area (Å²) < 4.78 is 0. The van der Waals surface area contributed by atoms with Gasteiger partial charge in [-0.15, -0.1) is 0 Å². The van der Waals surface area contributed by atoms with E-state index in [0.717, 1.165) is 31.7 Å². The van der Waals surface area contributed by atoms with Gasteiger partial charge in [-0.05, 0) is 36.2 Å². The summed E-state index contributed by atoms with van der Waals surface area (Å²) in [5.41, 5.74) is 3.86. The Morgan fingerprint density at radius 1 is 1.04 bits per heavy atom. The molecule has 0 bridgehead atoms. The first-order valence-corrected chi connectivity index (χ1v) is 7.98. The van der Waals surface area contributed by atoms with Crippen LogP contribution in [-0.4, -0.2) is 42.2 Å². The molecule has 1 aliphatic heterocycles.